The maximum Gasteiger partial charge on any atom is 0.404 e. The third-order valence-electron chi connectivity index (χ3n) is 4.67. The predicted octanol–water partition coefficient (Wildman–Crippen LogP) is 0.108. The second kappa shape index (κ2) is 7.71. The number of rotatable bonds is 5. The Morgan fingerprint density at radius 2 is 2.23 bits per heavy atom. The second-order valence-corrected chi connectivity index (χ2v) is 6.32. The van der Waals surface area contributed by atoms with Gasteiger partial charge in [0.05, 0.1) is 36.5 Å². The van der Waals surface area contributed by atoms with Gasteiger partial charge in [0, 0.05) is 32.2 Å². The van der Waals surface area contributed by atoms with Gasteiger partial charge in [-0.1, -0.05) is 0 Å². The average Bonchev–Trinajstić information content (AvgIpc) is 2.62. The van der Waals surface area contributed by atoms with E-state index in [1.165, 1.54) is 6.20 Å². The van der Waals surface area contributed by atoms with Crippen molar-refractivity contribution in [2.75, 3.05) is 26.7 Å². The number of piperidine rings is 1. The summed E-state index contributed by atoms with van der Waals surface area (Å²) >= 11 is 0. The van der Waals surface area contributed by atoms with Crippen molar-refractivity contribution in [2.24, 2.45) is 0 Å². The van der Waals surface area contributed by atoms with Gasteiger partial charge in [0.1, 0.15) is 5.75 Å². The molecule has 1 aliphatic heterocycles. The zero-order valence-corrected chi connectivity index (χ0v) is 14.5. The van der Waals surface area contributed by atoms with E-state index in [0.29, 0.717) is 49.4 Å². The first kappa shape index (κ1) is 18.2. The molecule has 2 heterocycles. The minimum absolute atomic E-state index is 0.200. The number of amides is 1. The SMILES string of the molecule is COc1ccc2ncc(=O)n(CCN3CCC(NC(=O)O)C(O)C3)c2c1. The van der Waals surface area contributed by atoms with Crippen molar-refractivity contribution in [3.63, 3.8) is 0 Å². The van der Waals surface area contributed by atoms with Gasteiger partial charge in [-0.2, -0.15) is 0 Å². The van der Waals surface area contributed by atoms with E-state index in [2.05, 4.69) is 10.3 Å². The average molecular weight is 362 g/mol. The first-order valence-corrected chi connectivity index (χ1v) is 8.41. The predicted molar refractivity (Wildman–Crippen MR) is 94.6 cm³/mol. The van der Waals surface area contributed by atoms with Crippen LogP contribution >= 0.6 is 0 Å². The molecule has 1 aromatic heterocycles. The molecule has 1 amide bonds. The van der Waals surface area contributed by atoms with Crippen LogP contribution in [0.25, 0.3) is 11.0 Å². The molecule has 1 saturated heterocycles. The van der Waals surface area contributed by atoms with Crippen LogP contribution in [0.3, 0.4) is 0 Å². The molecule has 0 saturated carbocycles. The zero-order valence-electron chi connectivity index (χ0n) is 14.5. The van der Waals surface area contributed by atoms with Crippen LogP contribution in [-0.4, -0.2) is 69.6 Å². The Bertz CT molecular complexity index is 853. The number of fused-ring (bicyclic) bond motifs is 1. The Balaban J connectivity index is 1.71. The Hall–Kier alpha value is -2.65. The van der Waals surface area contributed by atoms with Crippen LogP contribution < -0.4 is 15.6 Å². The summed E-state index contributed by atoms with van der Waals surface area (Å²) < 4.78 is 6.87. The smallest absolute Gasteiger partial charge is 0.404 e. The molecule has 1 aliphatic rings. The van der Waals surface area contributed by atoms with Gasteiger partial charge in [-0.15, -0.1) is 0 Å². The number of hydrogen-bond donors (Lipinski definition) is 3. The molecule has 0 aliphatic carbocycles. The highest BCUT2D eigenvalue weighted by atomic mass is 16.5. The van der Waals surface area contributed by atoms with E-state index in [4.69, 9.17) is 9.84 Å². The summed E-state index contributed by atoms with van der Waals surface area (Å²) in [5.74, 6) is 0.648. The number of hydrogen-bond acceptors (Lipinski definition) is 6. The number of ether oxygens (including phenoxy) is 1. The van der Waals surface area contributed by atoms with Crippen molar-refractivity contribution < 1.29 is 19.7 Å². The number of aromatic nitrogens is 2. The minimum Gasteiger partial charge on any atom is -0.497 e. The third kappa shape index (κ3) is 3.94. The summed E-state index contributed by atoms with van der Waals surface area (Å²) in [6, 6.07) is 4.91. The number of carbonyl (C=O) groups is 1. The maximum absolute atomic E-state index is 12.3. The van der Waals surface area contributed by atoms with Gasteiger partial charge in [-0.25, -0.2) is 9.78 Å². The summed E-state index contributed by atoms with van der Waals surface area (Å²) in [6.07, 6.45) is -0.0861. The van der Waals surface area contributed by atoms with E-state index in [1.807, 2.05) is 4.90 Å². The van der Waals surface area contributed by atoms with E-state index in [1.54, 1.807) is 29.9 Å². The Labute approximate surface area is 149 Å². The van der Waals surface area contributed by atoms with Crippen molar-refractivity contribution in [2.45, 2.75) is 25.1 Å². The Kier molecular flexibility index (Phi) is 5.38. The van der Waals surface area contributed by atoms with E-state index in [9.17, 15) is 14.7 Å². The molecule has 9 nitrogen and oxygen atoms in total. The van der Waals surface area contributed by atoms with Gasteiger partial charge in [0.15, 0.2) is 0 Å². The van der Waals surface area contributed by atoms with E-state index >= 15 is 0 Å². The fraction of sp³-hybridized carbons (Fsp3) is 0.471. The normalized spacial score (nSPS) is 20.8. The van der Waals surface area contributed by atoms with Crippen molar-refractivity contribution in [3.05, 3.63) is 34.7 Å². The first-order chi connectivity index (χ1) is 12.5. The highest BCUT2D eigenvalue weighted by Crippen LogP contribution is 2.18. The van der Waals surface area contributed by atoms with Crippen LogP contribution in [0.2, 0.25) is 0 Å². The van der Waals surface area contributed by atoms with Crippen LogP contribution in [0, 0.1) is 0 Å². The van der Waals surface area contributed by atoms with Gasteiger partial charge >= 0.3 is 6.09 Å². The standard InChI is InChI=1S/C17H22N4O5/c1-26-11-2-3-12-14(8-11)21(16(23)9-18-12)7-6-20-5-4-13(15(22)10-20)19-17(24)25/h2-3,8-9,13,15,19,22H,4-7,10H2,1H3,(H,24,25). The molecule has 26 heavy (non-hydrogen) atoms. The molecule has 0 bridgehead atoms. The molecular formula is C17H22N4O5. The molecule has 2 atom stereocenters. The number of nitrogens with one attached hydrogen (secondary N) is 1. The van der Waals surface area contributed by atoms with Crippen molar-refractivity contribution in [1.29, 1.82) is 0 Å². The number of aliphatic hydroxyl groups is 1. The van der Waals surface area contributed by atoms with E-state index < -0.39 is 18.2 Å². The van der Waals surface area contributed by atoms with Crippen molar-refractivity contribution in [3.8, 4) is 5.75 Å². The largest absolute Gasteiger partial charge is 0.497 e. The summed E-state index contributed by atoms with van der Waals surface area (Å²) in [6.45, 7) is 2.00. The lowest BCUT2D eigenvalue weighted by Crippen LogP contribution is -2.54. The fourth-order valence-electron chi connectivity index (χ4n) is 3.27. The van der Waals surface area contributed by atoms with E-state index in [0.717, 1.165) is 0 Å². The van der Waals surface area contributed by atoms with Crippen LogP contribution in [0.5, 0.6) is 5.75 Å². The number of carboxylic acid groups (broad SMARTS) is 1. The number of benzene rings is 1. The number of likely N-dealkylation sites (tertiary alicyclic amines) is 1. The molecule has 9 heteroatoms. The molecular weight excluding hydrogens is 340 g/mol. The first-order valence-electron chi connectivity index (χ1n) is 8.41. The van der Waals surface area contributed by atoms with Gasteiger partial charge in [0.2, 0.25) is 0 Å². The summed E-state index contributed by atoms with van der Waals surface area (Å²) in [5, 5.41) is 21.2. The van der Waals surface area contributed by atoms with Crippen LogP contribution in [0.4, 0.5) is 4.79 Å². The molecule has 2 unspecified atom stereocenters. The fourth-order valence-corrected chi connectivity index (χ4v) is 3.27. The highest BCUT2D eigenvalue weighted by molar-refractivity contribution is 5.76. The van der Waals surface area contributed by atoms with Crippen LogP contribution in [-0.2, 0) is 6.54 Å². The second-order valence-electron chi connectivity index (χ2n) is 6.32. The van der Waals surface area contributed by atoms with E-state index in [-0.39, 0.29) is 5.56 Å². The Morgan fingerprint density at radius 3 is 2.92 bits per heavy atom. The number of aliphatic hydroxyl groups excluding tert-OH is 1. The topological polar surface area (TPSA) is 117 Å². The molecule has 140 valence electrons. The van der Waals surface area contributed by atoms with Crippen molar-refractivity contribution in [1.82, 2.24) is 19.8 Å². The number of methoxy groups -OCH3 is 1. The van der Waals surface area contributed by atoms with Gasteiger partial charge in [-0.3, -0.25) is 9.69 Å². The van der Waals surface area contributed by atoms with Crippen LogP contribution in [0.1, 0.15) is 6.42 Å². The maximum atomic E-state index is 12.3. The monoisotopic (exact) mass is 362 g/mol. The molecule has 1 fully saturated rings. The Morgan fingerprint density at radius 1 is 1.42 bits per heavy atom. The summed E-state index contributed by atoms with van der Waals surface area (Å²) in [7, 11) is 1.57. The zero-order chi connectivity index (χ0) is 18.7. The quantitative estimate of drug-likeness (QED) is 0.691. The lowest BCUT2D eigenvalue weighted by Gasteiger charge is -2.35. The molecule has 3 rings (SSSR count). The molecule has 1 aromatic carbocycles. The molecule has 2 aromatic rings. The molecule has 3 N–H and O–H groups in total. The van der Waals surface area contributed by atoms with Crippen LogP contribution in [0.15, 0.2) is 29.2 Å². The lowest BCUT2D eigenvalue weighted by molar-refractivity contribution is 0.0394. The highest BCUT2D eigenvalue weighted by Gasteiger charge is 2.28. The number of nitrogens with zero attached hydrogens (tertiary/aromatic N) is 3. The summed E-state index contributed by atoms with van der Waals surface area (Å²) in [4.78, 5) is 29.2. The molecule has 0 spiro atoms. The van der Waals surface area contributed by atoms with Gasteiger partial charge in [-0.05, 0) is 18.6 Å². The summed E-state index contributed by atoms with van der Waals surface area (Å²) in [5.41, 5.74) is 1.20. The van der Waals surface area contributed by atoms with Gasteiger partial charge < -0.3 is 24.8 Å². The molecule has 0 radical (unpaired) electrons. The van der Waals surface area contributed by atoms with Gasteiger partial charge in [0.25, 0.3) is 5.56 Å². The lowest BCUT2D eigenvalue weighted by atomic mass is 10.0. The third-order valence-corrected chi connectivity index (χ3v) is 4.67. The minimum atomic E-state index is -1.13. The number of β-amino-alcohol motifs (C(OH)–C–C–N with tert-alkyl or cyclic N) is 1. The van der Waals surface area contributed by atoms with Crippen molar-refractivity contribution >= 4 is 17.1 Å².